The zero-order chi connectivity index (χ0) is 13.1. The number of aromatic nitrogens is 2. The first kappa shape index (κ1) is 13.2. The minimum absolute atomic E-state index is 0.256. The van der Waals surface area contributed by atoms with Gasteiger partial charge in [0.25, 0.3) is 0 Å². The standard InChI is InChI=1S/C12H12BrF2N3/c1-2-16-5-9-6-18(7-17-9)12-10(13)3-8(14)4-11(12)15/h3-4,6-7,16H,2,5H2,1H3. The predicted octanol–water partition coefficient (Wildman–Crippen LogP) is 3.02. The number of rotatable bonds is 4. The molecule has 0 saturated carbocycles. The topological polar surface area (TPSA) is 29.9 Å². The highest BCUT2D eigenvalue weighted by Gasteiger charge is 2.12. The van der Waals surface area contributed by atoms with Crippen LogP contribution in [0, 0.1) is 11.6 Å². The molecule has 1 N–H and O–H groups in total. The Labute approximate surface area is 112 Å². The largest absolute Gasteiger partial charge is 0.311 e. The SMILES string of the molecule is CCNCc1cn(-c2c(F)cc(F)cc2Br)cn1. The van der Waals surface area contributed by atoms with Crippen molar-refractivity contribution in [2.24, 2.45) is 0 Å². The maximum absolute atomic E-state index is 13.7. The van der Waals surface area contributed by atoms with Crippen LogP contribution in [-0.2, 0) is 6.54 Å². The Morgan fingerprint density at radius 1 is 1.39 bits per heavy atom. The van der Waals surface area contributed by atoms with Gasteiger partial charge in [0.05, 0.1) is 17.7 Å². The average molecular weight is 316 g/mol. The molecule has 0 radical (unpaired) electrons. The Morgan fingerprint density at radius 2 is 2.17 bits per heavy atom. The van der Waals surface area contributed by atoms with Crippen LogP contribution in [0.4, 0.5) is 8.78 Å². The van der Waals surface area contributed by atoms with Gasteiger partial charge in [-0.2, -0.15) is 0 Å². The molecule has 0 spiro atoms. The minimum Gasteiger partial charge on any atom is -0.311 e. The van der Waals surface area contributed by atoms with E-state index in [4.69, 9.17) is 0 Å². The molecule has 0 aliphatic rings. The zero-order valence-electron chi connectivity index (χ0n) is 9.75. The Morgan fingerprint density at radius 3 is 2.83 bits per heavy atom. The second-order valence-electron chi connectivity index (χ2n) is 3.77. The van der Waals surface area contributed by atoms with E-state index < -0.39 is 11.6 Å². The molecule has 0 saturated heterocycles. The van der Waals surface area contributed by atoms with Crippen molar-refractivity contribution >= 4 is 15.9 Å². The predicted molar refractivity (Wildman–Crippen MR) is 68.6 cm³/mol. The van der Waals surface area contributed by atoms with Crippen LogP contribution in [-0.4, -0.2) is 16.1 Å². The van der Waals surface area contributed by atoms with Crippen LogP contribution in [0.3, 0.4) is 0 Å². The lowest BCUT2D eigenvalue weighted by Gasteiger charge is -2.06. The van der Waals surface area contributed by atoms with Gasteiger partial charge in [-0.15, -0.1) is 0 Å². The molecule has 0 unspecified atom stereocenters. The van der Waals surface area contributed by atoms with Gasteiger partial charge in [0, 0.05) is 23.3 Å². The van der Waals surface area contributed by atoms with Gasteiger partial charge in [0.1, 0.15) is 5.82 Å². The van der Waals surface area contributed by atoms with Crippen LogP contribution >= 0.6 is 15.9 Å². The Hall–Kier alpha value is -1.27. The highest BCUT2D eigenvalue weighted by Crippen LogP contribution is 2.25. The van der Waals surface area contributed by atoms with Gasteiger partial charge in [-0.3, -0.25) is 0 Å². The first-order chi connectivity index (χ1) is 8.61. The van der Waals surface area contributed by atoms with E-state index in [0.29, 0.717) is 11.0 Å². The summed E-state index contributed by atoms with van der Waals surface area (Å²) in [7, 11) is 0. The summed E-state index contributed by atoms with van der Waals surface area (Å²) in [6.07, 6.45) is 3.22. The lowest BCUT2D eigenvalue weighted by Crippen LogP contribution is -2.11. The van der Waals surface area contributed by atoms with E-state index in [-0.39, 0.29) is 5.69 Å². The van der Waals surface area contributed by atoms with Crippen molar-refractivity contribution in [1.82, 2.24) is 14.9 Å². The molecule has 0 aliphatic carbocycles. The van der Waals surface area contributed by atoms with Crippen LogP contribution in [0.2, 0.25) is 0 Å². The first-order valence-corrected chi connectivity index (χ1v) is 6.29. The molecule has 0 bridgehead atoms. The van der Waals surface area contributed by atoms with Crippen molar-refractivity contribution in [1.29, 1.82) is 0 Å². The van der Waals surface area contributed by atoms with Crippen molar-refractivity contribution in [3.8, 4) is 5.69 Å². The summed E-state index contributed by atoms with van der Waals surface area (Å²) in [5.74, 6) is -1.25. The molecule has 18 heavy (non-hydrogen) atoms. The fraction of sp³-hybridized carbons (Fsp3) is 0.250. The smallest absolute Gasteiger partial charge is 0.151 e. The fourth-order valence-electron chi connectivity index (χ4n) is 1.61. The third kappa shape index (κ3) is 2.76. The van der Waals surface area contributed by atoms with Gasteiger partial charge in [-0.05, 0) is 28.5 Å². The van der Waals surface area contributed by atoms with E-state index in [0.717, 1.165) is 18.3 Å². The number of hydrogen-bond acceptors (Lipinski definition) is 2. The lowest BCUT2D eigenvalue weighted by molar-refractivity contribution is 0.576. The molecule has 0 aliphatic heterocycles. The van der Waals surface area contributed by atoms with Crippen molar-refractivity contribution < 1.29 is 8.78 Å². The van der Waals surface area contributed by atoms with Crippen LogP contribution in [0.25, 0.3) is 5.69 Å². The first-order valence-electron chi connectivity index (χ1n) is 5.50. The van der Waals surface area contributed by atoms with Gasteiger partial charge in [-0.25, -0.2) is 13.8 Å². The number of halogens is 3. The Balaban J connectivity index is 2.34. The maximum Gasteiger partial charge on any atom is 0.151 e. The minimum atomic E-state index is -0.630. The summed E-state index contributed by atoms with van der Waals surface area (Å²) < 4.78 is 28.6. The zero-order valence-corrected chi connectivity index (χ0v) is 11.3. The lowest BCUT2D eigenvalue weighted by atomic mass is 10.3. The molecule has 1 aromatic heterocycles. The van der Waals surface area contributed by atoms with Gasteiger partial charge >= 0.3 is 0 Å². The van der Waals surface area contributed by atoms with Gasteiger partial charge < -0.3 is 9.88 Å². The van der Waals surface area contributed by atoms with Crippen LogP contribution < -0.4 is 5.32 Å². The van der Waals surface area contributed by atoms with Crippen LogP contribution in [0.1, 0.15) is 12.6 Å². The molecule has 2 rings (SSSR count). The monoisotopic (exact) mass is 315 g/mol. The Bertz CT molecular complexity index is 531. The van der Waals surface area contributed by atoms with Crippen molar-refractivity contribution in [2.45, 2.75) is 13.5 Å². The summed E-state index contributed by atoms with van der Waals surface area (Å²) in [5.41, 5.74) is 1.05. The maximum atomic E-state index is 13.7. The van der Waals surface area contributed by atoms with Crippen LogP contribution in [0.5, 0.6) is 0 Å². The highest BCUT2D eigenvalue weighted by atomic mass is 79.9. The molecule has 0 amide bonds. The third-order valence-electron chi connectivity index (χ3n) is 2.43. The molecule has 0 fully saturated rings. The van der Waals surface area contributed by atoms with Crippen molar-refractivity contribution in [3.63, 3.8) is 0 Å². The van der Waals surface area contributed by atoms with E-state index in [1.54, 1.807) is 6.20 Å². The molecule has 6 heteroatoms. The summed E-state index contributed by atoms with van der Waals surface area (Å²) in [4.78, 5) is 4.15. The second kappa shape index (κ2) is 5.58. The van der Waals surface area contributed by atoms with Gasteiger partial charge in [0.15, 0.2) is 5.82 Å². The molecule has 1 aromatic carbocycles. The molecule has 96 valence electrons. The number of nitrogens with one attached hydrogen (secondary N) is 1. The molecule has 3 nitrogen and oxygen atoms in total. The highest BCUT2D eigenvalue weighted by molar-refractivity contribution is 9.10. The summed E-state index contributed by atoms with van der Waals surface area (Å²) in [6.45, 7) is 3.44. The fourth-order valence-corrected chi connectivity index (χ4v) is 2.22. The summed E-state index contributed by atoms with van der Waals surface area (Å²) in [6, 6.07) is 2.08. The normalized spacial score (nSPS) is 10.9. The van der Waals surface area contributed by atoms with Gasteiger partial charge in [-0.1, -0.05) is 6.92 Å². The van der Waals surface area contributed by atoms with Crippen molar-refractivity contribution in [2.75, 3.05) is 6.54 Å². The quantitative estimate of drug-likeness (QED) is 0.940. The van der Waals surface area contributed by atoms with E-state index in [1.165, 1.54) is 17.0 Å². The average Bonchev–Trinajstić information content (AvgIpc) is 2.73. The summed E-state index contributed by atoms with van der Waals surface area (Å²) in [5, 5.41) is 3.13. The molecular weight excluding hydrogens is 304 g/mol. The number of imidazole rings is 1. The van der Waals surface area contributed by atoms with Crippen molar-refractivity contribution in [3.05, 3.63) is 46.5 Å². The number of hydrogen-bond donors (Lipinski definition) is 1. The van der Waals surface area contributed by atoms with E-state index >= 15 is 0 Å². The number of nitrogens with zero attached hydrogens (tertiary/aromatic N) is 2. The Kier molecular flexibility index (Phi) is 4.08. The number of benzene rings is 1. The second-order valence-corrected chi connectivity index (χ2v) is 4.62. The molecule has 2 aromatic rings. The molecule has 0 atom stereocenters. The van der Waals surface area contributed by atoms with E-state index in [1.807, 2.05) is 6.92 Å². The van der Waals surface area contributed by atoms with E-state index in [2.05, 4.69) is 26.2 Å². The van der Waals surface area contributed by atoms with Crippen LogP contribution in [0.15, 0.2) is 29.1 Å². The molecular formula is C12H12BrF2N3. The van der Waals surface area contributed by atoms with E-state index in [9.17, 15) is 8.78 Å². The summed E-state index contributed by atoms with van der Waals surface area (Å²) >= 11 is 3.15. The molecule has 1 heterocycles. The van der Waals surface area contributed by atoms with Gasteiger partial charge in [0.2, 0.25) is 0 Å². The third-order valence-corrected chi connectivity index (χ3v) is 3.04.